The zero-order chi connectivity index (χ0) is 27.3. The predicted molar refractivity (Wildman–Crippen MR) is 156 cm³/mol. The van der Waals surface area contributed by atoms with Crippen LogP contribution in [0.25, 0.3) is 0 Å². The van der Waals surface area contributed by atoms with Crippen LogP contribution in [0.4, 0.5) is 0 Å². The van der Waals surface area contributed by atoms with Crippen LogP contribution in [0.5, 0.6) is 11.5 Å². The first kappa shape index (κ1) is 24.8. The Balaban J connectivity index is 1.90. The maximum absolute atomic E-state index is 7.40. The van der Waals surface area contributed by atoms with Crippen LogP contribution >= 0.6 is 0 Å². The lowest BCUT2D eigenvalue weighted by Gasteiger charge is -2.43. The van der Waals surface area contributed by atoms with E-state index < -0.39 is 11.2 Å². The molecule has 0 aromatic heterocycles. The van der Waals surface area contributed by atoms with Gasteiger partial charge in [-0.05, 0) is 137 Å². The van der Waals surface area contributed by atoms with Gasteiger partial charge in [0.1, 0.15) is 11.5 Å². The fourth-order valence-corrected chi connectivity index (χ4v) is 7.44. The molecule has 0 fully saturated rings. The lowest BCUT2D eigenvalue weighted by molar-refractivity contribution is -0.0162. The summed E-state index contributed by atoms with van der Waals surface area (Å²) in [6, 6.07) is 17.0. The molecular weight excluding hydrogens is 464 g/mol. The third-order valence-electron chi connectivity index (χ3n) is 10.3. The van der Waals surface area contributed by atoms with Crippen LogP contribution in [0.15, 0.2) is 48.5 Å². The maximum atomic E-state index is 7.40. The van der Waals surface area contributed by atoms with E-state index in [1.807, 2.05) is 0 Å². The Labute approximate surface area is 227 Å². The van der Waals surface area contributed by atoms with E-state index in [1.165, 1.54) is 66.8 Å². The third kappa shape index (κ3) is 2.69. The fourth-order valence-electron chi connectivity index (χ4n) is 7.44. The molecule has 194 valence electrons. The molecule has 4 aromatic rings. The van der Waals surface area contributed by atoms with Crippen molar-refractivity contribution in [1.82, 2.24) is 0 Å². The molecule has 0 radical (unpaired) electrons. The zero-order valence-electron chi connectivity index (χ0n) is 24.4. The van der Waals surface area contributed by atoms with Crippen LogP contribution in [-0.2, 0) is 11.2 Å². The van der Waals surface area contributed by atoms with Gasteiger partial charge in [-0.15, -0.1) is 0 Å². The average molecular weight is 503 g/mol. The first-order valence-corrected chi connectivity index (χ1v) is 13.7. The van der Waals surface area contributed by atoms with E-state index in [9.17, 15) is 0 Å². The van der Waals surface area contributed by atoms with Gasteiger partial charge in [-0.3, -0.25) is 0 Å². The van der Waals surface area contributed by atoms with Crippen molar-refractivity contribution in [2.75, 3.05) is 0 Å². The van der Waals surface area contributed by atoms with Crippen LogP contribution in [-0.4, -0.2) is 0 Å². The molecule has 38 heavy (non-hydrogen) atoms. The van der Waals surface area contributed by atoms with Gasteiger partial charge in [0.05, 0.1) is 0 Å². The second-order valence-corrected chi connectivity index (χ2v) is 11.6. The van der Waals surface area contributed by atoms with E-state index in [0.29, 0.717) is 0 Å². The average Bonchev–Trinajstić information content (AvgIpc) is 3.35. The first-order chi connectivity index (χ1) is 18.0. The molecular formula is C36H38O2. The summed E-state index contributed by atoms with van der Waals surface area (Å²) in [5.41, 5.74) is 16.0. The number of hydrogen-bond acceptors (Lipinski definition) is 2. The van der Waals surface area contributed by atoms with E-state index in [1.54, 1.807) is 0 Å². The Hall–Kier alpha value is -3.52. The van der Waals surface area contributed by atoms with Gasteiger partial charge in [0.2, 0.25) is 11.2 Å². The van der Waals surface area contributed by atoms with E-state index in [0.717, 1.165) is 22.6 Å². The third-order valence-corrected chi connectivity index (χ3v) is 10.3. The van der Waals surface area contributed by atoms with Crippen molar-refractivity contribution in [3.63, 3.8) is 0 Å². The van der Waals surface area contributed by atoms with Crippen molar-refractivity contribution >= 4 is 0 Å². The quantitative estimate of drug-likeness (QED) is 0.273. The number of benzene rings is 4. The minimum Gasteiger partial charge on any atom is -0.472 e. The number of ether oxygens (including phenoxy) is 2. The molecule has 2 atom stereocenters. The van der Waals surface area contributed by atoms with Crippen molar-refractivity contribution in [2.45, 2.75) is 80.4 Å². The molecule has 0 aliphatic carbocycles. The van der Waals surface area contributed by atoms with Crippen molar-refractivity contribution in [1.29, 1.82) is 0 Å². The molecule has 2 aliphatic heterocycles. The molecule has 0 saturated heterocycles. The van der Waals surface area contributed by atoms with Crippen LogP contribution < -0.4 is 9.47 Å². The Kier molecular flexibility index (Phi) is 5.21. The number of rotatable bonds is 2. The Morgan fingerprint density at radius 2 is 0.632 bits per heavy atom. The van der Waals surface area contributed by atoms with Gasteiger partial charge >= 0.3 is 0 Å². The van der Waals surface area contributed by atoms with Gasteiger partial charge in [0.15, 0.2) is 0 Å². The number of para-hydroxylation sites is 2. The van der Waals surface area contributed by atoms with Gasteiger partial charge in [-0.25, -0.2) is 0 Å². The molecule has 0 N–H and O–H groups in total. The molecule has 4 aromatic carbocycles. The summed E-state index contributed by atoms with van der Waals surface area (Å²) in [6.07, 6.45) is 0. The van der Waals surface area contributed by atoms with Crippen molar-refractivity contribution in [3.8, 4) is 11.5 Å². The van der Waals surface area contributed by atoms with E-state index in [2.05, 4.69) is 118 Å². The Morgan fingerprint density at radius 3 is 0.947 bits per heavy atom. The van der Waals surface area contributed by atoms with E-state index in [4.69, 9.17) is 9.47 Å². The highest BCUT2D eigenvalue weighted by Crippen LogP contribution is 2.68. The summed E-state index contributed by atoms with van der Waals surface area (Å²) >= 11 is 0. The van der Waals surface area contributed by atoms with Crippen LogP contribution in [0, 0.1) is 69.2 Å². The second kappa shape index (κ2) is 7.99. The molecule has 0 amide bonds. The molecule has 2 heteroatoms. The van der Waals surface area contributed by atoms with Crippen LogP contribution in [0.1, 0.15) is 77.9 Å². The van der Waals surface area contributed by atoms with Crippen LogP contribution in [0.3, 0.4) is 0 Å². The number of fused-ring (bicyclic) bond motifs is 5. The molecule has 2 nitrogen and oxygen atoms in total. The lowest BCUT2D eigenvalue weighted by atomic mass is 9.64. The van der Waals surface area contributed by atoms with Crippen molar-refractivity contribution in [2.24, 2.45) is 0 Å². The van der Waals surface area contributed by atoms with Gasteiger partial charge in [0, 0.05) is 22.3 Å². The van der Waals surface area contributed by atoms with Crippen molar-refractivity contribution < 1.29 is 9.47 Å². The van der Waals surface area contributed by atoms with Crippen molar-refractivity contribution in [3.05, 3.63) is 126 Å². The largest absolute Gasteiger partial charge is 0.472 e. The summed E-state index contributed by atoms with van der Waals surface area (Å²) in [5.74, 6) is 1.79. The molecule has 2 heterocycles. The van der Waals surface area contributed by atoms with Crippen LogP contribution in [0.2, 0.25) is 0 Å². The minimum atomic E-state index is -0.867. The highest BCUT2D eigenvalue weighted by Gasteiger charge is 2.71. The van der Waals surface area contributed by atoms with E-state index in [-0.39, 0.29) is 0 Å². The van der Waals surface area contributed by atoms with Gasteiger partial charge < -0.3 is 9.47 Å². The molecule has 0 saturated carbocycles. The van der Waals surface area contributed by atoms with E-state index >= 15 is 0 Å². The Morgan fingerprint density at radius 1 is 0.368 bits per heavy atom. The van der Waals surface area contributed by atoms with Gasteiger partial charge in [0.25, 0.3) is 0 Å². The molecule has 0 spiro atoms. The zero-order valence-corrected chi connectivity index (χ0v) is 24.4. The summed E-state index contributed by atoms with van der Waals surface area (Å²) < 4.78 is 14.8. The minimum absolute atomic E-state index is 0.867. The normalized spacial score (nSPS) is 21.0. The first-order valence-electron chi connectivity index (χ1n) is 13.7. The second-order valence-electron chi connectivity index (χ2n) is 11.6. The SMILES string of the molecule is Cc1c(C)c(C)c(C23Oc4ccccc4C2(c2c(C)c(C)c(C)c(C)c2C)Oc2ccccc23)c(C)c1C. The summed E-state index contributed by atoms with van der Waals surface area (Å²) in [5, 5.41) is 0. The smallest absolute Gasteiger partial charge is 0.211 e. The lowest BCUT2D eigenvalue weighted by Crippen LogP contribution is -2.52. The molecule has 2 aliphatic rings. The summed E-state index contributed by atoms with van der Waals surface area (Å²) in [6.45, 7) is 22.5. The Bertz CT molecular complexity index is 1490. The molecule has 2 unspecified atom stereocenters. The topological polar surface area (TPSA) is 18.5 Å². The maximum Gasteiger partial charge on any atom is 0.211 e. The summed E-state index contributed by atoms with van der Waals surface area (Å²) in [7, 11) is 0. The highest BCUT2D eigenvalue weighted by molar-refractivity contribution is 5.72. The van der Waals surface area contributed by atoms with Gasteiger partial charge in [-0.2, -0.15) is 0 Å². The highest BCUT2D eigenvalue weighted by atomic mass is 16.6. The standard InChI is InChI=1S/C36H38O2/c1-19-21(3)25(7)33(26(8)22(19)4)35-29-15-11-13-17-31(29)38-36(35,30-16-12-14-18-32(30)37-35)34-27(9)23(5)20(2)24(6)28(34)10/h11-18H,1-10H3. The molecule has 0 bridgehead atoms. The monoisotopic (exact) mass is 502 g/mol. The summed E-state index contributed by atoms with van der Waals surface area (Å²) in [4.78, 5) is 0. The predicted octanol–water partition coefficient (Wildman–Crippen LogP) is 8.74. The molecule has 6 rings (SSSR count). The fraction of sp³-hybridized carbons (Fsp3) is 0.333. The number of hydrogen-bond donors (Lipinski definition) is 0. The van der Waals surface area contributed by atoms with Gasteiger partial charge in [-0.1, -0.05) is 36.4 Å².